The number of nitrogens with two attached hydrogens (primary N) is 1. The molecular weight excluding hydrogens is 697 g/mol. The number of benzene rings is 3. The van der Waals surface area contributed by atoms with Crippen LogP contribution in [-0.2, 0) is 39.4 Å². The summed E-state index contributed by atoms with van der Waals surface area (Å²) in [7, 11) is -8.47. The van der Waals surface area contributed by atoms with Crippen molar-refractivity contribution < 1.29 is 49.5 Å². The highest BCUT2D eigenvalue weighted by atomic mass is 32.2. The lowest BCUT2D eigenvalue weighted by atomic mass is 10.1. The van der Waals surface area contributed by atoms with Crippen LogP contribution in [-0.4, -0.2) is 91.2 Å². The summed E-state index contributed by atoms with van der Waals surface area (Å²) in [6.07, 6.45) is -0.405. The molecule has 268 valence electrons. The first-order valence-corrected chi connectivity index (χ1v) is 18.5. The number of hydrogen-bond acceptors (Lipinski definition) is 10. The first-order chi connectivity index (χ1) is 23.4. The molecule has 0 saturated heterocycles. The maximum Gasteiger partial charge on any atom is 0.265 e. The Balaban J connectivity index is 1.71. The Hall–Kier alpha value is -4.98. The number of primary amides is 1. The predicted molar refractivity (Wildman–Crippen MR) is 183 cm³/mol. The van der Waals surface area contributed by atoms with Crippen LogP contribution in [0.25, 0.3) is 33.3 Å². The molecule has 2 aromatic carbocycles. The van der Waals surface area contributed by atoms with Crippen LogP contribution in [0.5, 0.6) is 0 Å². The van der Waals surface area contributed by atoms with Gasteiger partial charge in [-0.1, -0.05) is 24.3 Å². The molecule has 1 heterocycles. The number of nitrogens with zero attached hydrogens (tertiary/aromatic N) is 2. The fraction of sp³-hybridized carbons (Fsp3) is 0.355. The summed E-state index contributed by atoms with van der Waals surface area (Å²) in [5, 5.41) is 9.36. The molecule has 2 aliphatic rings. The van der Waals surface area contributed by atoms with E-state index >= 15 is 0 Å². The van der Waals surface area contributed by atoms with E-state index in [1.54, 1.807) is 53.1 Å². The third-order valence-electron chi connectivity index (χ3n) is 7.51. The van der Waals surface area contributed by atoms with Crippen molar-refractivity contribution in [3.8, 4) is 11.5 Å². The van der Waals surface area contributed by atoms with Crippen molar-refractivity contribution >= 4 is 71.4 Å². The molecule has 2 aromatic rings. The normalized spacial score (nSPS) is 13.1. The Morgan fingerprint density at radius 3 is 2.10 bits per heavy atom. The average Bonchev–Trinajstić information content (AvgIpc) is 3.01. The quantitative estimate of drug-likeness (QED) is 0.0415. The molecule has 0 fully saturated rings. The fourth-order valence-electron chi connectivity index (χ4n) is 5.27. The molecule has 2 atom stereocenters. The van der Waals surface area contributed by atoms with Crippen molar-refractivity contribution in [1.82, 2.24) is 20.2 Å². The van der Waals surface area contributed by atoms with E-state index in [0.717, 1.165) is 0 Å². The van der Waals surface area contributed by atoms with E-state index in [-0.39, 0.29) is 31.5 Å². The molecule has 0 bridgehead atoms. The van der Waals surface area contributed by atoms with Gasteiger partial charge in [-0.15, -0.1) is 0 Å². The first-order valence-electron chi connectivity index (χ1n) is 15.3. The molecule has 1 unspecified atom stereocenters. The number of amides is 4. The number of anilines is 1. The Kier molecular flexibility index (Phi) is 11.9. The molecule has 0 saturated carbocycles. The maximum atomic E-state index is 13.3. The monoisotopic (exact) mass is 733 g/mol. The number of fused-ring (bicyclic) bond motifs is 4. The Labute approximate surface area is 286 Å². The van der Waals surface area contributed by atoms with E-state index in [1.807, 2.05) is 0 Å². The summed E-state index contributed by atoms with van der Waals surface area (Å²) in [6.45, 7) is 2.84. The molecule has 0 spiro atoms. The zero-order valence-corrected chi connectivity index (χ0v) is 28.7. The van der Waals surface area contributed by atoms with Crippen LogP contribution in [0.1, 0.15) is 33.1 Å². The highest BCUT2D eigenvalue weighted by Gasteiger charge is 2.26. The van der Waals surface area contributed by atoms with Gasteiger partial charge in [-0.05, 0) is 13.0 Å². The number of hydrogen-bond donors (Lipinski definition) is 6. The molecule has 1 aliphatic carbocycles. The molecule has 50 heavy (non-hydrogen) atoms. The van der Waals surface area contributed by atoms with Crippen LogP contribution < -0.4 is 31.6 Å². The van der Waals surface area contributed by atoms with E-state index in [0.29, 0.717) is 38.8 Å². The van der Waals surface area contributed by atoms with Crippen molar-refractivity contribution in [3.05, 3.63) is 53.9 Å². The van der Waals surface area contributed by atoms with E-state index in [2.05, 4.69) is 16.0 Å². The lowest BCUT2D eigenvalue weighted by molar-refractivity contribution is -0.132. The van der Waals surface area contributed by atoms with E-state index < -0.39 is 73.9 Å². The third kappa shape index (κ3) is 10.5. The second-order valence-electron chi connectivity index (χ2n) is 11.6. The van der Waals surface area contributed by atoms with Crippen molar-refractivity contribution in [2.45, 2.75) is 45.2 Å². The van der Waals surface area contributed by atoms with Gasteiger partial charge in [-0.25, -0.2) is 9.56 Å². The van der Waals surface area contributed by atoms with Gasteiger partial charge in [-0.3, -0.25) is 28.3 Å². The first kappa shape index (κ1) is 37.8. The second-order valence-corrected chi connectivity index (χ2v) is 14.7. The fourth-order valence-corrected chi connectivity index (χ4v) is 6.25. The summed E-state index contributed by atoms with van der Waals surface area (Å²) in [5.74, 6) is -3.52. The van der Waals surface area contributed by atoms with E-state index in [9.17, 15) is 36.0 Å². The van der Waals surface area contributed by atoms with Crippen LogP contribution in [0.15, 0.2) is 52.9 Å². The van der Waals surface area contributed by atoms with Crippen LogP contribution in [0.3, 0.4) is 0 Å². The van der Waals surface area contributed by atoms with Crippen molar-refractivity contribution in [3.63, 3.8) is 0 Å². The zero-order valence-electron chi connectivity index (χ0n) is 27.1. The Morgan fingerprint density at radius 2 is 1.52 bits per heavy atom. The predicted octanol–water partition coefficient (Wildman–Crippen LogP) is 0.237. The third-order valence-corrected chi connectivity index (χ3v) is 9.12. The number of rotatable bonds is 15. The molecular formula is C31H37N6O11S2+. The molecule has 0 radical (unpaired) electrons. The van der Waals surface area contributed by atoms with Crippen LogP contribution in [0.2, 0.25) is 0 Å². The standard InChI is InChI=1S/C31H36N6O11S2/c1-18(33-31(41)25(17-28(32)39)34-19(2)38)30(40)36-24-16-27-29(22-8-4-3-7-21(22)24)35-23-10-9-20(15-26(23)48-27)37(11-5-13-49(42,43)44)12-6-14-50(45,46)47/h3-4,7-10,15-16,18,25H,5-6,11-14,17H2,1-2H3,(H6,32,33,34,38,39,41,42,43,44,45,46,47)/p+1/t18-,25?/m1/s1. The smallest absolute Gasteiger partial charge is 0.265 e. The summed E-state index contributed by atoms with van der Waals surface area (Å²) >= 11 is 0. The van der Waals surface area contributed by atoms with Crippen molar-refractivity contribution in [1.29, 1.82) is 0 Å². The van der Waals surface area contributed by atoms with Crippen LogP contribution >= 0.6 is 0 Å². The van der Waals surface area contributed by atoms with Gasteiger partial charge in [0.05, 0.1) is 29.7 Å². The van der Waals surface area contributed by atoms with E-state index in [1.165, 1.54) is 13.8 Å². The topological polar surface area (TPSA) is 268 Å². The number of carbonyl (C=O) groups is 4. The van der Waals surface area contributed by atoms with Crippen molar-refractivity contribution in [2.24, 2.45) is 5.73 Å². The van der Waals surface area contributed by atoms with Gasteiger partial charge < -0.3 is 26.1 Å². The highest BCUT2D eigenvalue weighted by Crippen LogP contribution is 2.34. The lowest BCUT2D eigenvalue weighted by Crippen LogP contribution is -2.52. The number of aromatic nitrogens is 1. The van der Waals surface area contributed by atoms with Crippen LogP contribution in [0, 0.1) is 0 Å². The average molecular weight is 734 g/mol. The van der Waals surface area contributed by atoms with Gasteiger partial charge in [-0.2, -0.15) is 16.8 Å². The minimum atomic E-state index is -4.23. The SMILES string of the molecule is CC(=O)NC(CC(N)=O)C(=O)N[C@H](C)C(=O)Nc1cc2oc3cc(=[N+](CCCS(=O)(=O)O)CCCS(=O)(=O)O)ccc-3nc2c2ccccc12. The summed E-state index contributed by atoms with van der Waals surface area (Å²) in [6, 6.07) is 11.3. The Morgan fingerprint density at radius 1 is 0.900 bits per heavy atom. The summed E-state index contributed by atoms with van der Waals surface area (Å²) in [5.41, 5.74) is 6.73. The van der Waals surface area contributed by atoms with Gasteiger partial charge in [0.2, 0.25) is 29.0 Å². The molecule has 7 N–H and O–H groups in total. The van der Waals surface area contributed by atoms with Crippen LogP contribution in [0.4, 0.5) is 5.69 Å². The Bertz CT molecular complexity index is 2160. The van der Waals surface area contributed by atoms with Gasteiger partial charge >= 0.3 is 0 Å². The molecule has 0 aromatic heterocycles. The molecule has 4 amide bonds. The van der Waals surface area contributed by atoms with E-state index in [4.69, 9.17) is 24.2 Å². The van der Waals surface area contributed by atoms with Gasteiger partial charge in [0.15, 0.2) is 11.3 Å². The zero-order chi connectivity index (χ0) is 36.8. The molecule has 4 rings (SSSR count). The minimum Gasteiger partial charge on any atom is -0.452 e. The highest BCUT2D eigenvalue weighted by molar-refractivity contribution is 7.86. The molecule has 17 nitrogen and oxygen atoms in total. The summed E-state index contributed by atoms with van der Waals surface area (Å²) in [4.78, 5) is 53.7. The maximum absolute atomic E-state index is 13.3. The number of carbonyl (C=O) groups excluding carboxylic acids is 4. The lowest BCUT2D eigenvalue weighted by Gasteiger charge is -2.20. The summed E-state index contributed by atoms with van der Waals surface area (Å²) < 4.78 is 71.4. The van der Waals surface area contributed by atoms with Crippen molar-refractivity contribution in [2.75, 3.05) is 29.9 Å². The molecule has 1 aliphatic heterocycles. The largest absolute Gasteiger partial charge is 0.452 e. The number of nitrogens with one attached hydrogen (secondary N) is 3. The van der Waals surface area contributed by atoms with Gasteiger partial charge in [0.1, 0.15) is 36.4 Å². The van der Waals surface area contributed by atoms with Gasteiger partial charge in [0.25, 0.3) is 20.2 Å². The van der Waals surface area contributed by atoms with Gasteiger partial charge in [0, 0.05) is 42.7 Å². The minimum absolute atomic E-state index is 0.0306. The second kappa shape index (κ2) is 15.7. The molecule has 19 heteroatoms.